The average molecular weight is 333 g/mol. The molecule has 3 rings (SSSR count). The Balaban J connectivity index is 1.47. The predicted octanol–water partition coefficient (Wildman–Crippen LogP) is 2.32. The molecule has 0 spiro atoms. The third kappa shape index (κ3) is 4.41. The highest BCUT2D eigenvalue weighted by Gasteiger charge is 2.08. The van der Waals surface area contributed by atoms with Gasteiger partial charge in [0.1, 0.15) is 0 Å². The summed E-state index contributed by atoms with van der Waals surface area (Å²) in [6.07, 6.45) is 1.99. The molecule has 5 heteroatoms. The van der Waals surface area contributed by atoms with Crippen LogP contribution in [0, 0.1) is 0 Å². The van der Waals surface area contributed by atoms with Crippen molar-refractivity contribution < 1.29 is 9.59 Å². The van der Waals surface area contributed by atoms with Gasteiger partial charge in [-0.05, 0) is 23.8 Å². The van der Waals surface area contributed by atoms with E-state index in [1.165, 1.54) is 0 Å². The molecule has 0 radical (unpaired) electrons. The molecule has 2 aromatic carbocycles. The number of nitrogens with one attached hydrogen (secondary N) is 2. The standard InChI is InChI=1S/C20H19N3O2/c24-18(14-17-9-4-8-15-10-5-11-22-19(15)17)21-12-13-23-20(25)16-6-2-1-3-7-16/h1-11H,12-14H2,(H,21,24)(H,23,25). The van der Waals surface area contributed by atoms with E-state index in [4.69, 9.17) is 0 Å². The van der Waals surface area contributed by atoms with Crippen LogP contribution in [0.2, 0.25) is 0 Å². The number of hydrogen-bond acceptors (Lipinski definition) is 3. The molecule has 0 aliphatic carbocycles. The van der Waals surface area contributed by atoms with Crippen LogP contribution >= 0.6 is 0 Å². The SMILES string of the molecule is O=C(Cc1cccc2cccnc12)NCCNC(=O)c1ccccc1. The second-order valence-corrected chi connectivity index (χ2v) is 5.64. The smallest absolute Gasteiger partial charge is 0.251 e. The van der Waals surface area contributed by atoms with Gasteiger partial charge in [0.2, 0.25) is 5.91 Å². The lowest BCUT2D eigenvalue weighted by Crippen LogP contribution is -2.35. The van der Waals surface area contributed by atoms with Gasteiger partial charge in [-0.2, -0.15) is 0 Å². The number of fused-ring (bicyclic) bond motifs is 1. The minimum Gasteiger partial charge on any atom is -0.354 e. The Labute approximate surface area is 146 Å². The zero-order valence-corrected chi connectivity index (χ0v) is 13.7. The first-order valence-corrected chi connectivity index (χ1v) is 8.16. The first kappa shape index (κ1) is 16.6. The Kier molecular flexibility index (Phi) is 5.36. The van der Waals surface area contributed by atoms with Gasteiger partial charge < -0.3 is 10.6 Å². The van der Waals surface area contributed by atoms with Gasteiger partial charge in [-0.1, -0.05) is 42.5 Å². The average Bonchev–Trinajstić information content (AvgIpc) is 2.66. The lowest BCUT2D eigenvalue weighted by atomic mass is 10.1. The fraction of sp³-hybridized carbons (Fsp3) is 0.150. The number of rotatable bonds is 6. The summed E-state index contributed by atoms with van der Waals surface area (Å²) in [5.41, 5.74) is 2.34. The van der Waals surface area contributed by atoms with Crippen molar-refractivity contribution in [2.24, 2.45) is 0 Å². The second kappa shape index (κ2) is 8.06. The summed E-state index contributed by atoms with van der Waals surface area (Å²) in [5.74, 6) is -0.236. The molecular weight excluding hydrogens is 314 g/mol. The number of carbonyl (C=O) groups is 2. The second-order valence-electron chi connectivity index (χ2n) is 5.64. The number of nitrogens with zero attached hydrogens (tertiary/aromatic N) is 1. The topological polar surface area (TPSA) is 71.1 Å². The molecule has 2 N–H and O–H groups in total. The summed E-state index contributed by atoms with van der Waals surface area (Å²) in [6.45, 7) is 0.767. The molecule has 0 saturated heterocycles. The first-order chi connectivity index (χ1) is 12.2. The van der Waals surface area contributed by atoms with Crippen molar-refractivity contribution in [1.82, 2.24) is 15.6 Å². The quantitative estimate of drug-likeness (QED) is 0.680. The van der Waals surface area contributed by atoms with Gasteiger partial charge in [0.25, 0.3) is 5.91 Å². The van der Waals surface area contributed by atoms with E-state index in [0.717, 1.165) is 16.5 Å². The maximum Gasteiger partial charge on any atom is 0.251 e. The first-order valence-electron chi connectivity index (χ1n) is 8.16. The molecule has 3 aromatic rings. The maximum absolute atomic E-state index is 12.1. The van der Waals surface area contributed by atoms with Crippen LogP contribution in [-0.4, -0.2) is 29.9 Å². The molecule has 0 aliphatic heterocycles. The van der Waals surface area contributed by atoms with Crippen molar-refractivity contribution in [2.45, 2.75) is 6.42 Å². The number of aromatic nitrogens is 1. The summed E-state index contributed by atoms with van der Waals surface area (Å²) < 4.78 is 0. The van der Waals surface area contributed by atoms with E-state index in [2.05, 4.69) is 15.6 Å². The van der Waals surface area contributed by atoms with Crippen molar-refractivity contribution in [1.29, 1.82) is 0 Å². The largest absolute Gasteiger partial charge is 0.354 e. The van der Waals surface area contributed by atoms with Gasteiger partial charge in [0.15, 0.2) is 0 Å². The normalized spacial score (nSPS) is 10.4. The van der Waals surface area contributed by atoms with Crippen LogP contribution in [0.15, 0.2) is 66.9 Å². The highest BCUT2D eigenvalue weighted by atomic mass is 16.2. The molecule has 0 atom stereocenters. The van der Waals surface area contributed by atoms with E-state index in [-0.39, 0.29) is 18.2 Å². The molecule has 1 aromatic heterocycles. The number of amides is 2. The van der Waals surface area contributed by atoms with E-state index in [0.29, 0.717) is 18.7 Å². The van der Waals surface area contributed by atoms with E-state index in [9.17, 15) is 9.59 Å². The van der Waals surface area contributed by atoms with Crippen LogP contribution in [0.3, 0.4) is 0 Å². The summed E-state index contributed by atoms with van der Waals surface area (Å²) in [6, 6.07) is 18.7. The fourth-order valence-corrected chi connectivity index (χ4v) is 2.62. The Morgan fingerprint density at radius 2 is 1.60 bits per heavy atom. The Hall–Kier alpha value is -3.21. The molecule has 0 fully saturated rings. The van der Waals surface area contributed by atoms with Gasteiger partial charge in [0, 0.05) is 30.2 Å². The zero-order chi connectivity index (χ0) is 17.5. The van der Waals surface area contributed by atoms with Gasteiger partial charge in [0.05, 0.1) is 11.9 Å². The van der Waals surface area contributed by atoms with E-state index < -0.39 is 0 Å². The molecule has 0 aliphatic rings. The van der Waals surface area contributed by atoms with Crippen LogP contribution in [-0.2, 0) is 11.2 Å². The highest BCUT2D eigenvalue weighted by Crippen LogP contribution is 2.16. The van der Waals surface area contributed by atoms with Gasteiger partial charge in [-0.3, -0.25) is 14.6 Å². The van der Waals surface area contributed by atoms with Crippen LogP contribution < -0.4 is 10.6 Å². The monoisotopic (exact) mass is 333 g/mol. The molecule has 2 amide bonds. The minimum absolute atomic E-state index is 0.0906. The van der Waals surface area contributed by atoms with Gasteiger partial charge >= 0.3 is 0 Å². The van der Waals surface area contributed by atoms with Gasteiger partial charge in [-0.15, -0.1) is 0 Å². The third-order valence-electron chi connectivity index (χ3n) is 3.84. The summed E-state index contributed by atoms with van der Waals surface area (Å²) in [4.78, 5) is 28.4. The van der Waals surface area contributed by atoms with Crippen molar-refractivity contribution >= 4 is 22.7 Å². The Morgan fingerprint density at radius 3 is 2.44 bits per heavy atom. The number of hydrogen-bond donors (Lipinski definition) is 2. The third-order valence-corrected chi connectivity index (χ3v) is 3.84. The lowest BCUT2D eigenvalue weighted by molar-refractivity contribution is -0.120. The predicted molar refractivity (Wildman–Crippen MR) is 97.2 cm³/mol. The van der Waals surface area contributed by atoms with Crippen molar-refractivity contribution in [3.05, 3.63) is 78.0 Å². The van der Waals surface area contributed by atoms with Crippen LogP contribution in [0.5, 0.6) is 0 Å². The Bertz CT molecular complexity index is 873. The highest BCUT2D eigenvalue weighted by molar-refractivity contribution is 5.94. The molecular formula is C20H19N3O2. The number of para-hydroxylation sites is 1. The van der Waals surface area contributed by atoms with Crippen molar-refractivity contribution in [3.8, 4) is 0 Å². The van der Waals surface area contributed by atoms with Crippen molar-refractivity contribution in [2.75, 3.05) is 13.1 Å². The van der Waals surface area contributed by atoms with Gasteiger partial charge in [-0.25, -0.2) is 0 Å². The van der Waals surface area contributed by atoms with Crippen LogP contribution in [0.4, 0.5) is 0 Å². The lowest BCUT2D eigenvalue weighted by Gasteiger charge is -2.08. The Morgan fingerprint density at radius 1 is 0.840 bits per heavy atom. The molecule has 1 heterocycles. The molecule has 5 nitrogen and oxygen atoms in total. The van der Waals surface area contributed by atoms with Crippen LogP contribution in [0.1, 0.15) is 15.9 Å². The van der Waals surface area contributed by atoms with Crippen molar-refractivity contribution in [3.63, 3.8) is 0 Å². The maximum atomic E-state index is 12.1. The van der Waals surface area contributed by atoms with Crippen LogP contribution in [0.25, 0.3) is 10.9 Å². The van der Waals surface area contributed by atoms with E-state index >= 15 is 0 Å². The molecule has 126 valence electrons. The molecule has 0 bridgehead atoms. The molecule has 25 heavy (non-hydrogen) atoms. The number of pyridine rings is 1. The fourth-order valence-electron chi connectivity index (χ4n) is 2.62. The van der Waals surface area contributed by atoms with E-state index in [1.54, 1.807) is 18.3 Å². The molecule has 0 saturated carbocycles. The summed E-state index contributed by atoms with van der Waals surface area (Å²) in [7, 11) is 0. The minimum atomic E-state index is -0.145. The summed E-state index contributed by atoms with van der Waals surface area (Å²) in [5, 5.41) is 6.62. The number of benzene rings is 2. The molecule has 0 unspecified atom stereocenters. The zero-order valence-electron chi connectivity index (χ0n) is 13.7. The van der Waals surface area contributed by atoms with E-state index in [1.807, 2.05) is 48.5 Å². The summed E-state index contributed by atoms with van der Waals surface area (Å²) >= 11 is 0. The number of carbonyl (C=O) groups excluding carboxylic acids is 2.